The molecule has 3 aromatic heterocycles. The van der Waals surface area contributed by atoms with Gasteiger partial charge in [-0.05, 0) is 40.5 Å². The lowest BCUT2D eigenvalue weighted by atomic mass is 9.98. The van der Waals surface area contributed by atoms with Gasteiger partial charge in [-0.15, -0.1) is 10.2 Å². The van der Waals surface area contributed by atoms with Crippen LogP contribution in [0, 0.1) is 0 Å². The Balaban J connectivity index is 1.30. The summed E-state index contributed by atoms with van der Waals surface area (Å²) in [4.78, 5) is 37.8. The summed E-state index contributed by atoms with van der Waals surface area (Å²) in [6.07, 6.45) is 6.45. The number of unbranched alkanes of at least 4 members (excludes halogenated alkanes) is 1. The number of hydrogen-bond acceptors (Lipinski definition) is 7. The Morgan fingerprint density at radius 1 is 1.02 bits per heavy atom. The minimum atomic E-state index is -0.124. The zero-order chi connectivity index (χ0) is 28.2. The predicted molar refractivity (Wildman–Crippen MR) is 154 cm³/mol. The van der Waals surface area contributed by atoms with E-state index in [4.69, 9.17) is 4.98 Å². The third-order valence-electron chi connectivity index (χ3n) is 7.46. The van der Waals surface area contributed by atoms with Crippen LogP contribution in [0.25, 0.3) is 22.5 Å². The number of tetrazole rings is 1. The first kappa shape index (κ1) is 26.2. The average Bonchev–Trinajstić information content (AvgIpc) is 3.57. The summed E-state index contributed by atoms with van der Waals surface area (Å²) in [5.41, 5.74) is 5.74. The molecule has 6 rings (SSSR count). The minimum absolute atomic E-state index is 0.0729. The summed E-state index contributed by atoms with van der Waals surface area (Å²) in [6, 6.07) is 19.6. The number of fused-ring (bicyclic) bond motifs is 1. The fourth-order valence-electron chi connectivity index (χ4n) is 5.28. The molecule has 0 aliphatic carbocycles. The van der Waals surface area contributed by atoms with E-state index in [9.17, 15) is 9.59 Å². The van der Waals surface area contributed by atoms with Crippen molar-refractivity contribution in [1.82, 2.24) is 40.1 Å². The molecule has 0 spiro atoms. The lowest BCUT2D eigenvalue weighted by Gasteiger charge is -2.29. The first-order valence-electron chi connectivity index (χ1n) is 13.8. The number of aromatic nitrogens is 7. The molecule has 0 atom stereocenters. The van der Waals surface area contributed by atoms with Crippen LogP contribution in [0.3, 0.4) is 0 Å². The van der Waals surface area contributed by atoms with Gasteiger partial charge in [-0.3, -0.25) is 19.1 Å². The van der Waals surface area contributed by atoms with Crippen molar-refractivity contribution in [2.24, 2.45) is 0 Å². The van der Waals surface area contributed by atoms with Crippen LogP contribution in [0.2, 0.25) is 0 Å². The van der Waals surface area contributed by atoms with E-state index in [0.29, 0.717) is 36.5 Å². The standard InChI is InChI=1S/C31H30N8O2/c1-2-3-10-28-33-27-15-17-38(30(40)23-7-6-16-32-18-23)20-26(27)31(41)39(28)19-21-11-13-22(14-12-21)24-8-4-5-9-25(24)29-34-36-37-35-29/h4-9,11-14,16,18H,2-3,10,15,17,19-20H2,1H3,(H,34,35,36,37). The fourth-order valence-corrected chi connectivity index (χ4v) is 5.28. The van der Waals surface area contributed by atoms with Crippen LogP contribution in [0.4, 0.5) is 0 Å². The van der Waals surface area contributed by atoms with Crippen molar-refractivity contribution in [2.45, 2.75) is 45.7 Å². The van der Waals surface area contributed by atoms with Crippen LogP contribution < -0.4 is 5.56 Å². The number of H-pyrrole nitrogens is 1. The van der Waals surface area contributed by atoms with Crippen LogP contribution in [0.15, 0.2) is 77.9 Å². The quantitative estimate of drug-likeness (QED) is 0.311. The lowest BCUT2D eigenvalue weighted by molar-refractivity contribution is 0.0731. The average molecular weight is 547 g/mol. The smallest absolute Gasteiger partial charge is 0.259 e. The van der Waals surface area contributed by atoms with Gasteiger partial charge in [0.2, 0.25) is 5.82 Å². The summed E-state index contributed by atoms with van der Waals surface area (Å²) in [5.74, 6) is 1.21. The van der Waals surface area contributed by atoms with E-state index in [2.05, 4.69) is 32.5 Å². The van der Waals surface area contributed by atoms with Crippen molar-refractivity contribution in [3.8, 4) is 22.5 Å². The molecule has 0 radical (unpaired) electrons. The van der Waals surface area contributed by atoms with E-state index in [0.717, 1.165) is 53.0 Å². The van der Waals surface area contributed by atoms with Gasteiger partial charge in [-0.25, -0.2) is 4.98 Å². The molecule has 0 saturated heterocycles. The summed E-state index contributed by atoms with van der Waals surface area (Å²) in [5, 5.41) is 14.5. The molecule has 10 nitrogen and oxygen atoms in total. The van der Waals surface area contributed by atoms with Gasteiger partial charge >= 0.3 is 0 Å². The van der Waals surface area contributed by atoms with Gasteiger partial charge in [0.15, 0.2) is 0 Å². The predicted octanol–water partition coefficient (Wildman–Crippen LogP) is 4.07. The Bertz CT molecular complexity index is 1710. The molecule has 0 fully saturated rings. The molecular formula is C31H30N8O2. The number of nitrogens with zero attached hydrogens (tertiary/aromatic N) is 7. The molecule has 5 aromatic rings. The van der Waals surface area contributed by atoms with E-state index in [1.54, 1.807) is 34.0 Å². The number of carbonyl (C=O) groups excluding carboxylic acids is 1. The van der Waals surface area contributed by atoms with Crippen molar-refractivity contribution in [1.29, 1.82) is 0 Å². The van der Waals surface area contributed by atoms with Crippen molar-refractivity contribution in [3.05, 3.63) is 112 Å². The molecule has 41 heavy (non-hydrogen) atoms. The first-order valence-corrected chi connectivity index (χ1v) is 13.8. The minimum Gasteiger partial charge on any atom is -0.334 e. The van der Waals surface area contributed by atoms with Gasteiger partial charge in [0.1, 0.15) is 5.82 Å². The van der Waals surface area contributed by atoms with Crippen LogP contribution in [0.1, 0.15) is 52.8 Å². The van der Waals surface area contributed by atoms with Gasteiger partial charge in [0, 0.05) is 37.3 Å². The molecule has 1 aliphatic heterocycles. The number of amides is 1. The highest BCUT2D eigenvalue weighted by molar-refractivity contribution is 5.94. The summed E-state index contributed by atoms with van der Waals surface area (Å²) in [7, 11) is 0. The van der Waals surface area contributed by atoms with E-state index in [-0.39, 0.29) is 18.0 Å². The van der Waals surface area contributed by atoms with Crippen molar-refractivity contribution in [3.63, 3.8) is 0 Å². The SMILES string of the molecule is CCCCc1nc2c(c(=O)n1Cc1ccc(-c3ccccc3-c3nn[nH]n3)cc1)CN(C(=O)c1cccnc1)CC2. The monoisotopic (exact) mass is 546 g/mol. The number of pyridine rings is 1. The molecule has 4 heterocycles. The number of aryl methyl sites for hydroxylation is 1. The zero-order valence-corrected chi connectivity index (χ0v) is 22.8. The van der Waals surface area contributed by atoms with Gasteiger partial charge in [-0.1, -0.05) is 61.9 Å². The lowest BCUT2D eigenvalue weighted by Crippen LogP contribution is -2.42. The summed E-state index contributed by atoms with van der Waals surface area (Å²) in [6.45, 7) is 3.31. The number of carbonyl (C=O) groups is 1. The van der Waals surface area contributed by atoms with Gasteiger partial charge in [-0.2, -0.15) is 5.21 Å². The molecule has 206 valence electrons. The molecule has 0 saturated carbocycles. The van der Waals surface area contributed by atoms with Gasteiger partial charge in [0.25, 0.3) is 11.5 Å². The molecule has 0 unspecified atom stereocenters. The molecule has 0 bridgehead atoms. The maximum Gasteiger partial charge on any atom is 0.259 e. The summed E-state index contributed by atoms with van der Waals surface area (Å²) >= 11 is 0. The Morgan fingerprint density at radius 2 is 1.85 bits per heavy atom. The molecule has 1 aliphatic rings. The number of hydrogen-bond donors (Lipinski definition) is 1. The molecule has 1 N–H and O–H groups in total. The molecule has 2 aromatic carbocycles. The third-order valence-corrected chi connectivity index (χ3v) is 7.46. The molecule has 1 amide bonds. The van der Waals surface area contributed by atoms with E-state index >= 15 is 0 Å². The maximum absolute atomic E-state index is 13.9. The highest BCUT2D eigenvalue weighted by Gasteiger charge is 2.27. The van der Waals surface area contributed by atoms with Crippen molar-refractivity contribution < 1.29 is 4.79 Å². The van der Waals surface area contributed by atoms with E-state index < -0.39 is 0 Å². The van der Waals surface area contributed by atoms with E-state index in [1.165, 1.54) is 0 Å². The second kappa shape index (κ2) is 11.6. The Labute approximate surface area is 237 Å². The number of benzene rings is 2. The topological polar surface area (TPSA) is 123 Å². The molecule has 10 heteroatoms. The normalized spacial score (nSPS) is 12.8. The fraction of sp³-hybridized carbons (Fsp3) is 0.258. The molecular weight excluding hydrogens is 516 g/mol. The Hall–Kier alpha value is -4.99. The number of nitrogens with one attached hydrogen (secondary N) is 1. The number of aromatic amines is 1. The number of rotatable bonds is 8. The second-order valence-corrected chi connectivity index (χ2v) is 10.1. The van der Waals surface area contributed by atoms with Crippen LogP contribution in [-0.2, 0) is 25.9 Å². The highest BCUT2D eigenvalue weighted by atomic mass is 16.2. The summed E-state index contributed by atoms with van der Waals surface area (Å²) < 4.78 is 1.79. The van der Waals surface area contributed by atoms with Crippen LogP contribution >= 0.6 is 0 Å². The first-order chi connectivity index (χ1) is 20.1. The zero-order valence-electron chi connectivity index (χ0n) is 22.8. The second-order valence-electron chi connectivity index (χ2n) is 10.1. The van der Waals surface area contributed by atoms with Crippen molar-refractivity contribution >= 4 is 5.91 Å². The van der Waals surface area contributed by atoms with Crippen LogP contribution in [0.5, 0.6) is 0 Å². The van der Waals surface area contributed by atoms with E-state index in [1.807, 2.05) is 48.5 Å². The Morgan fingerprint density at radius 3 is 2.59 bits per heavy atom. The van der Waals surface area contributed by atoms with Gasteiger partial charge < -0.3 is 4.90 Å². The largest absolute Gasteiger partial charge is 0.334 e. The van der Waals surface area contributed by atoms with Gasteiger partial charge in [0.05, 0.1) is 29.9 Å². The van der Waals surface area contributed by atoms with Crippen molar-refractivity contribution in [2.75, 3.05) is 6.54 Å². The third kappa shape index (κ3) is 5.41. The van der Waals surface area contributed by atoms with Crippen LogP contribution in [-0.4, -0.2) is 52.5 Å². The maximum atomic E-state index is 13.9. The highest BCUT2D eigenvalue weighted by Crippen LogP contribution is 2.30. The Kier molecular flexibility index (Phi) is 7.44.